The van der Waals surface area contributed by atoms with Gasteiger partial charge in [-0.1, -0.05) is 43.2 Å². The Bertz CT molecular complexity index is 1380. The molecule has 2 unspecified atom stereocenters. The number of esters is 6. The van der Waals surface area contributed by atoms with Crippen molar-refractivity contribution >= 4 is 35.8 Å². The van der Waals surface area contributed by atoms with Gasteiger partial charge in [0.05, 0.1) is 17.3 Å². The second kappa shape index (κ2) is 17.7. The highest BCUT2D eigenvalue weighted by Gasteiger charge is 2.58. The fourth-order valence-corrected chi connectivity index (χ4v) is 11.1. The van der Waals surface area contributed by atoms with Crippen molar-refractivity contribution in [2.75, 3.05) is 0 Å². The molecule has 8 bridgehead atoms. The fraction of sp³-hybridized carbons (Fsp3) is 0.773. The summed E-state index contributed by atoms with van der Waals surface area (Å²) in [6, 6.07) is 0. The molecule has 306 valence electrons. The van der Waals surface area contributed by atoms with Crippen molar-refractivity contribution in [1.29, 1.82) is 0 Å². The normalized spacial score (nSPS) is 38.4. The average Bonchev–Trinajstić information content (AvgIpc) is 3.55. The van der Waals surface area contributed by atoms with Gasteiger partial charge >= 0.3 is 35.8 Å². The van der Waals surface area contributed by atoms with Gasteiger partial charge in [0, 0.05) is 18.2 Å². The van der Waals surface area contributed by atoms with E-state index in [2.05, 4.69) is 25.2 Å². The van der Waals surface area contributed by atoms with Crippen LogP contribution in [0.15, 0.2) is 24.8 Å². The van der Waals surface area contributed by atoms with Gasteiger partial charge in [0.2, 0.25) is 0 Å². The first-order chi connectivity index (χ1) is 23.5. The predicted octanol–water partition coefficient (Wildman–Crippen LogP) is 8.99. The molecule has 8 aliphatic carbocycles. The Kier molecular flexibility index (Phi) is 15.3. The summed E-state index contributed by atoms with van der Waals surface area (Å²) in [4.78, 5) is 67.8. The highest BCUT2D eigenvalue weighted by atomic mass is 16.6. The van der Waals surface area contributed by atoms with Gasteiger partial charge in [-0.25, -0.2) is 14.4 Å². The van der Waals surface area contributed by atoms with Crippen LogP contribution in [0.25, 0.3) is 0 Å². The Labute approximate surface area is 324 Å². The van der Waals surface area contributed by atoms with E-state index in [4.69, 9.17) is 14.2 Å². The lowest BCUT2D eigenvalue weighted by Crippen LogP contribution is -2.58. The zero-order valence-electron chi connectivity index (χ0n) is 30.3. The quantitative estimate of drug-likeness (QED) is 0.107. The molecule has 8 saturated carbocycles. The Hall–Kier alpha value is -3.30. The van der Waals surface area contributed by atoms with Gasteiger partial charge in [-0.2, -0.15) is 0 Å². The third-order valence-corrected chi connectivity index (χ3v) is 14.0. The van der Waals surface area contributed by atoms with Gasteiger partial charge in [0.1, 0.15) is 11.2 Å². The van der Waals surface area contributed by atoms with Gasteiger partial charge in [0.15, 0.2) is 0 Å². The maximum Gasteiger partial charge on any atom is 0.338 e. The van der Waals surface area contributed by atoms with Crippen molar-refractivity contribution in [2.24, 2.45) is 64.6 Å². The van der Waals surface area contributed by atoms with E-state index in [1.165, 1.54) is 70.3 Å². The fourth-order valence-electron chi connectivity index (χ4n) is 11.1. The van der Waals surface area contributed by atoms with Gasteiger partial charge in [0.25, 0.3) is 0 Å². The maximum atomic E-state index is 13.1. The van der Waals surface area contributed by atoms with E-state index < -0.39 is 41.1 Å². The van der Waals surface area contributed by atoms with E-state index in [1.54, 1.807) is 6.92 Å². The number of ether oxygens (including phenoxy) is 4. The molecular formula is C44H70O10. The molecule has 0 N–H and O–H groups in total. The molecule has 10 nitrogen and oxygen atoms in total. The Morgan fingerprint density at radius 1 is 0.704 bits per heavy atom. The molecule has 10 rings (SSSR count). The summed E-state index contributed by atoms with van der Waals surface area (Å²) in [7, 11) is 0. The van der Waals surface area contributed by atoms with Crippen LogP contribution >= 0.6 is 0 Å². The first-order valence-electron chi connectivity index (χ1n) is 18.8. The van der Waals surface area contributed by atoms with E-state index >= 15 is 0 Å². The Morgan fingerprint density at radius 3 is 1.41 bits per heavy atom. The number of cyclic esters (lactones) is 4. The number of rotatable bonds is 7. The first kappa shape index (κ1) is 46.9. The maximum absolute atomic E-state index is 13.1. The molecule has 9 fully saturated rings. The van der Waals surface area contributed by atoms with Crippen LogP contribution in [-0.4, -0.2) is 47.0 Å². The van der Waals surface area contributed by atoms with Crippen molar-refractivity contribution in [3.63, 3.8) is 0 Å². The van der Waals surface area contributed by atoms with Crippen molar-refractivity contribution in [3.05, 3.63) is 24.8 Å². The summed E-state index contributed by atoms with van der Waals surface area (Å²) in [5.74, 6) is 2.36. The summed E-state index contributed by atoms with van der Waals surface area (Å²) in [6.45, 7) is 13.3. The molecule has 0 aromatic heterocycles. The highest BCUT2D eigenvalue weighted by Crippen LogP contribution is 2.61. The lowest BCUT2D eigenvalue weighted by atomic mass is 9.50. The second-order valence-corrected chi connectivity index (χ2v) is 17.6. The van der Waals surface area contributed by atoms with Crippen LogP contribution in [-0.2, 0) is 47.7 Å². The van der Waals surface area contributed by atoms with E-state index in [0.29, 0.717) is 36.5 Å². The minimum Gasteiger partial charge on any atom is -0.458 e. The third-order valence-electron chi connectivity index (χ3n) is 14.0. The molecule has 0 amide bonds. The SMILES string of the molecule is C.C.C.C.C=CC(=O)OC1(C)C2CC3CC(C2)CC1C3.CC1C(=O)OC(=O)C1CCC(C)(C)C(=O)OC1(C)C2CC3CC(C2)CC1C3.O=C1C=CC(=O)O1. The lowest BCUT2D eigenvalue weighted by molar-refractivity contribution is -0.211. The van der Waals surface area contributed by atoms with E-state index in [-0.39, 0.29) is 52.8 Å². The standard InChI is InChI=1S/C22H32O5.C14H20O2.C4H2O3.4CH4/c1-12-17(19(24)26-18(12)23)5-6-21(2,3)20(25)27-22(4)15-8-13-7-14(10-15)11-16(22)9-13;1-3-13(15)16-14(2)11-5-9-4-10(7-11)8-12(14)6-9;5-3-1-2-4(6)7-3;;;;/h12-17H,5-11H2,1-4H3;3,9-12H,1,4-8H2,2H3;1-2H;4*1H4. The van der Waals surface area contributed by atoms with Gasteiger partial charge in [-0.05, 0) is 152 Å². The molecule has 10 aliphatic rings. The molecule has 0 spiro atoms. The van der Waals surface area contributed by atoms with Crippen molar-refractivity contribution in [2.45, 2.75) is 153 Å². The van der Waals surface area contributed by atoms with Gasteiger partial charge in [-0.3, -0.25) is 14.4 Å². The van der Waals surface area contributed by atoms with Crippen LogP contribution < -0.4 is 0 Å². The molecule has 0 radical (unpaired) electrons. The molecule has 1 saturated heterocycles. The summed E-state index contributed by atoms with van der Waals surface area (Å²) in [5.41, 5.74) is -1.21. The Balaban J connectivity index is 0.000000318. The van der Waals surface area contributed by atoms with Crippen LogP contribution in [0.1, 0.15) is 141 Å². The highest BCUT2D eigenvalue weighted by molar-refractivity contribution is 6.05. The number of carbonyl (C=O) groups is 6. The van der Waals surface area contributed by atoms with Gasteiger partial charge < -0.3 is 18.9 Å². The van der Waals surface area contributed by atoms with Crippen LogP contribution in [0.5, 0.6) is 0 Å². The molecule has 2 heterocycles. The number of hydrogen-bond acceptors (Lipinski definition) is 10. The van der Waals surface area contributed by atoms with Crippen molar-refractivity contribution in [3.8, 4) is 0 Å². The Morgan fingerprint density at radius 2 is 1.09 bits per heavy atom. The van der Waals surface area contributed by atoms with Crippen LogP contribution in [0.2, 0.25) is 0 Å². The zero-order valence-corrected chi connectivity index (χ0v) is 30.3. The third kappa shape index (κ3) is 9.21. The lowest BCUT2D eigenvalue weighted by Gasteiger charge is -2.59. The zero-order chi connectivity index (χ0) is 36.2. The predicted molar refractivity (Wildman–Crippen MR) is 207 cm³/mol. The molecule has 0 aromatic rings. The largest absolute Gasteiger partial charge is 0.458 e. The van der Waals surface area contributed by atoms with Gasteiger partial charge in [-0.15, -0.1) is 0 Å². The number of hydrogen-bond donors (Lipinski definition) is 0. The van der Waals surface area contributed by atoms with Crippen molar-refractivity contribution < 1.29 is 47.7 Å². The molecule has 2 atom stereocenters. The summed E-state index contributed by atoms with van der Waals surface area (Å²) in [6.07, 6.45) is 17.1. The van der Waals surface area contributed by atoms with Crippen LogP contribution in [0.3, 0.4) is 0 Å². The topological polar surface area (TPSA) is 139 Å². The van der Waals surface area contributed by atoms with Crippen molar-refractivity contribution in [1.82, 2.24) is 0 Å². The summed E-state index contributed by atoms with van der Waals surface area (Å²) in [5, 5.41) is 0. The number of carbonyl (C=O) groups excluding carboxylic acids is 6. The average molecular weight is 759 g/mol. The molecule has 2 aliphatic heterocycles. The van der Waals surface area contributed by atoms with E-state index in [0.717, 1.165) is 35.8 Å². The second-order valence-electron chi connectivity index (χ2n) is 17.6. The summed E-state index contributed by atoms with van der Waals surface area (Å²) >= 11 is 0. The van der Waals surface area contributed by atoms with Crippen LogP contribution in [0, 0.1) is 64.6 Å². The minimum atomic E-state index is -0.677. The minimum absolute atomic E-state index is 0. The summed E-state index contributed by atoms with van der Waals surface area (Å²) < 4.78 is 20.6. The smallest absolute Gasteiger partial charge is 0.338 e. The molecule has 10 heteroatoms. The molecule has 0 aromatic carbocycles. The monoisotopic (exact) mass is 758 g/mol. The van der Waals surface area contributed by atoms with Crippen LogP contribution in [0.4, 0.5) is 0 Å². The van der Waals surface area contributed by atoms with E-state index in [1.807, 2.05) is 13.8 Å². The molecular weight excluding hydrogens is 688 g/mol. The van der Waals surface area contributed by atoms with E-state index in [9.17, 15) is 28.8 Å². The first-order valence-corrected chi connectivity index (χ1v) is 18.8. The molecule has 54 heavy (non-hydrogen) atoms.